The molecule has 1 unspecified atom stereocenters. The van der Waals surface area contributed by atoms with Crippen LogP contribution in [-0.2, 0) is 9.59 Å². The van der Waals surface area contributed by atoms with E-state index in [4.69, 9.17) is 5.11 Å². The van der Waals surface area contributed by atoms with Gasteiger partial charge in [-0.3, -0.25) is 19.5 Å². The Kier molecular flexibility index (Phi) is 2.45. The molecule has 0 bridgehead atoms. The first kappa shape index (κ1) is 9.51. The highest BCUT2D eigenvalue weighted by Gasteiger charge is 2.39. The first-order valence-corrected chi connectivity index (χ1v) is 5.31. The Morgan fingerprint density at radius 1 is 1.71 bits per heavy atom. The highest BCUT2D eigenvalue weighted by Crippen LogP contribution is 2.31. The van der Waals surface area contributed by atoms with E-state index in [0.29, 0.717) is 11.7 Å². The summed E-state index contributed by atoms with van der Waals surface area (Å²) in [6.45, 7) is 1.42. The van der Waals surface area contributed by atoms with Crippen molar-refractivity contribution in [2.45, 2.75) is 18.1 Å². The van der Waals surface area contributed by atoms with Gasteiger partial charge in [-0.1, -0.05) is 11.8 Å². The summed E-state index contributed by atoms with van der Waals surface area (Å²) in [4.78, 5) is 27.9. The van der Waals surface area contributed by atoms with Crippen molar-refractivity contribution in [2.75, 3.05) is 13.1 Å². The molecule has 0 aromatic heterocycles. The molecule has 0 spiro atoms. The van der Waals surface area contributed by atoms with Crippen LogP contribution in [0.25, 0.3) is 0 Å². The number of hydrogen-bond donors (Lipinski definition) is 1. The van der Waals surface area contributed by atoms with Gasteiger partial charge in [0, 0.05) is 13.1 Å². The van der Waals surface area contributed by atoms with Crippen molar-refractivity contribution in [3.63, 3.8) is 0 Å². The lowest BCUT2D eigenvalue weighted by molar-refractivity contribution is -0.139. The van der Waals surface area contributed by atoms with Crippen molar-refractivity contribution in [3.8, 4) is 0 Å². The molecule has 0 aromatic carbocycles. The minimum atomic E-state index is -0.934. The third-order valence-corrected chi connectivity index (χ3v) is 3.38. The summed E-state index contributed by atoms with van der Waals surface area (Å²) >= 11 is 1.28. The van der Waals surface area contributed by atoms with Gasteiger partial charge >= 0.3 is 5.97 Å². The molecule has 2 aliphatic heterocycles. The summed E-state index contributed by atoms with van der Waals surface area (Å²) < 4.78 is 0. The van der Waals surface area contributed by atoms with Gasteiger partial charge < -0.3 is 5.11 Å². The molecule has 2 rings (SSSR count). The summed E-state index contributed by atoms with van der Waals surface area (Å²) in [5.41, 5.74) is 0. The van der Waals surface area contributed by atoms with Crippen LogP contribution >= 0.6 is 11.8 Å². The van der Waals surface area contributed by atoms with E-state index in [2.05, 4.69) is 4.99 Å². The highest BCUT2D eigenvalue weighted by molar-refractivity contribution is 8.15. The highest BCUT2D eigenvalue weighted by atomic mass is 32.2. The molecule has 0 radical (unpaired) electrons. The second-order valence-corrected chi connectivity index (χ2v) is 4.38. The summed E-state index contributed by atoms with van der Waals surface area (Å²) in [6.07, 6.45) is 0.759. The number of aliphatic imine (C=N–C) groups is 1. The van der Waals surface area contributed by atoms with Gasteiger partial charge in [0.1, 0.15) is 5.25 Å². The number of nitrogens with zero attached hydrogens (tertiary/aromatic N) is 2. The molecule has 1 N–H and O–H groups in total. The quantitative estimate of drug-likeness (QED) is 0.711. The smallest absolute Gasteiger partial charge is 0.305 e. The topological polar surface area (TPSA) is 70.0 Å². The van der Waals surface area contributed by atoms with Crippen LogP contribution in [0.1, 0.15) is 12.8 Å². The van der Waals surface area contributed by atoms with Gasteiger partial charge in [0.25, 0.3) is 0 Å². The third-order valence-electron chi connectivity index (χ3n) is 2.17. The fourth-order valence-electron chi connectivity index (χ4n) is 1.53. The predicted octanol–water partition coefficient (Wildman–Crippen LogP) is 0.165. The van der Waals surface area contributed by atoms with Crippen LogP contribution in [0, 0.1) is 0 Å². The number of carboxylic acid groups (broad SMARTS) is 1. The summed E-state index contributed by atoms with van der Waals surface area (Å²) in [6, 6.07) is 0. The van der Waals surface area contributed by atoms with Gasteiger partial charge in [-0.15, -0.1) is 0 Å². The largest absolute Gasteiger partial charge is 0.481 e. The van der Waals surface area contributed by atoms with Gasteiger partial charge in [-0.05, 0) is 6.42 Å². The first-order valence-electron chi connectivity index (χ1n) is 4.43. The molecule has 0 aromatic rings. The van der Waals surface area contributed by atoms with Gasteiger partial charge in [0.2, 0.25) is 5.91 Å². The molecule has 6 heteroatoms. The van der Waals surface area contributed by atoms with Crippen molar-refractivity contribution in [2.24, 2.45) is 4.99 Å². The van der Waals surface area contributed by atoms with Gasteiger partial charge in [-0.25, -0.2) is 0 Å². The van der Waals surface area contributed by atoms with Crippen molar-refractivity contribution in [1.82, 2.24) is 4.90 Å². The minimum absolute atomic E-state index is 0.101. The number of hydrogen-bond acceptors (Lipinski definition) is 4. The molecule has 1 atom stereocenters. The number of carbonyl (C=O) groups excluding carboxylic acids is 1. The molecule has 2 heterocycles. The molecular formula is C8H10N2O3S. The van der Waals surface area contributed by atoms with Crippen molar-refractivity contribution < 1.29 is 14.7 Å². The number of amides is 1. The molecule has 1 saturated heterocycles. The molecule has 2 aliphatic rings. The SMILES string of the molecule is O=C(O)CC1SC2=NCCCN2C1=O. The Balaban J connectivity index is 2.11. The fourth-order valence-corrected chi connectivity index (χ4v) is 2.71. The average Bonchev–Trinajstić information content (AvgIpc) is 2.44. The van der Waals surface area contributed by atoms with E-state index in [0.717, 1.165) is 13.0 Å². The zero-order valence-corrected chi connectivity index (χ0v) is 8.29. The van der Waals surface area contributed by atoms with Crippen LogP contribution in [-0.4, -0.2) is 45.4 Å². The number of carboxylic acids is 1. The van der Waals surface area contributed by atoms with E-state index < -0.39 is 11.2 Å². The van der Waals surface area contributed by atoms with Crippen LogP contribution in [0.15, 0.2) is 4.99 Å². The lowest BCUT2D eigenvalue weighted by Gasteiger charge is -2.19. The van der Waals surface area contributed by atoms with Gasteiger partial charge in [0.15, 0.2) is 5.17 Å². The molecule has 76 valence electrons. The molecule has 1 fully saturated rings. The van der Waals surface area contributed by atoms with Crippen LogP contribution in [0.2, 0.25) is 0 Å². The minimum Gasteiger partial charge on any atom is -0.481 e. The normalized spacial score (nSPS) is 26.0. The van der Waals surface area contributed by atoms with Crippen molar-refractivity contribution >= 4 is 28.8 Å². The number of amidine groups is 1. The summed E-state index contributed by atoms with van der Waals surface area (Å²) in [7, 11) is 0. The van der Waals surface area contributed by atoms with E-state index in [1.54, 1.807) is 4.90 Å². The standard InChI is InChI=1S/C8H10N2O3S/c11-6(12)4-5-7(13)10-3-1-2-9-8(10)14-5/h5H,1-4H2,(H,11,12). The Hall–Kier alpha value is -1.04. The zero-order valence-electron chi connectivity index (χ0n) is 7.47. The Labute approximate surface area is 85.2 Å². The number of aliphatic carboxylic acids is 1. The van der Waals surface area contributed by atoms with Crippen molar-refractivity contribution in [1.29, 1.82) is 0 Å². The Morgan fingerprint density at radius 2 is 2.50 bits per heavy atom. The average molecular weight is 214 g/mol. The molecule has 1 amide bonds. The maximum Gasteiger partial charge on any atom is 0.305 e. The second kappa shape index (κ2) is 3.61. The molecule has 0 saturated carbocycles. The lowest BCUT2D eigenvalue weighted by atomic mass is 10.2. The van der Waals surface area contributed by atoms with Gasteiger partial charge in [-0.2, -0.15) is 0 Å². The van der Waals surface area contributed by atoms with E-state index in [-0.39, 0.29) is 12.3 Å². The van der Waals surface area contributed by atoms with E-state index in [1.165, 1.54) is 11.8 Å². The third kappa shape index (κ3) is 1.61. The Morgan fingerprint density at radius 3 is 3.14 bits per heavy atom. The van der Waals surface area contributed by atoms with E-state index >= 15 is 0 Å². The zero-order chi connectivity index (χ0) is 10.1. The number of carbonyl (C=O) groups is 2. The number of rotatable bonds is 2. The van der Waals surface area contributed by atoms with Gasteiger partial charge in [0.05, 0.1) is 6.42 Å². The Bertz CT molecular complexity index is 316. The lowest BCUT2D eigenvalue weighted by Crippen LogP contribution is -2.36. The van der Waals surface area contributed by atoms with Crippen LogP contribution < -0.4 is 0 Å². The van der Waals surface area contributed by atoms with Crippen LogP contribution in [0.5, 0.6) is 0 Å². The summed E-state index contributed by atoms with van der Waals surface area (Å²) in [5.74, 6) is -1.04. The van der Waals surface area contributed by atoms with Crippen LogP contribution in [0.4, 0.5) is 0 Å². The van der Waals surface area contributed by atoms with E-state index in [1.807, 2.05) is 0 Å². The van der Waals surface area contributed by atoms with Crippen LogP contribution in [0.3, 0.4) is 0 Å². The van der Waals surface area contributed by atoms with Crippen molar-refractivity contribution in [3.05, 3.63) is 0 Å². The maximum absolute atomic E-state index is 11.6. The monoisotopic (exact) mass is 214 g/mol. The number of fused-ring (bicyclic) bond motifs is 1. The van der Waals surface area contributed by atoms with E-state index in [9.17, 15) is 9.59 Å². The maximum atomic E-state index is 11.6. The fraction of sp³-hybridized carbons (Fsp3) is 0.625. The number of thioether (sulfide) groups is 1. The molecule has 0 aliphatic carbocycles. The summed E-state index contributed by atoms with van der Waals surface area (Å²) in [5, 5.41) is 8.83. The molecular weight excluding hydrogens is 204 g/mol. The molecule has 5 nitrogen and oxygen atoms in total. The predicted molar refractivity (Wildman–Crippen MR) is 52.3 cm³/mol. The second-order valence-electron chi connectivity index (χ2n) is 3.21. The first-order chi connectivity index (χ1) is 6.68. The molecule has 14 heavy (non-hydrogen) atoms.